The van der Waals surface area contributed by atoms with Crippen molar-refractivity contribution in [3.8, 4) is 0 Å². The van der Waals surface area contributed by atoms with E-state index in [1.165, 1.54) is 0 Å². The van der Waals surface area contributed by atoms with E-state index in [9.17, 15) is 4.79 Å². The van der Waals surface area contributed by atoms with Crippen LogP contribution in [-0.4, -0.2) is 22.9 Å². The van der Waals surface area contributed by atoms with Gasteiger partial charge in [-0.3, -0.25) is 4.79 Å². The zero-order chi connectivity index (χ0) is 8.43. The lowest BCUT2D eigenvalue weighted by Crippen LogP contribution is -2.38. The highest BCUT2D eigenvalue weighted by atomic mass is 16.2. The number of nitrogens with zero attached hydrogens (tertiary/aromatic N) is 1. The van der Waals surface area contributed by atoms with Gasteiger partial charge in [0.2, 0.25) is 5.91 Å². The molecule has 0 aromatic rings. The van der Waals surface area contributed by atoms with Crippen molar-refractivity contribution in [3.63, 3.8) is 0 Å². The zero-order valence-corrected chi connectivity index (χ0v) is 7.37. The molecule has 0 aromatic carbocycles. The summed E-state index contributed by atoms with van der Waals surface area (Å²) in [5.41, 5.74) is 0. The SMILES string of the molecule is CCC1C=CC(=O)N1C(C)C. The van der Waals surface area contributed by atoms with Crippen LogP contribution in [-0.2, 0) is 4.79 Å². The molecule has 1 unspecified atom stereocenters. The molecule has 0 saturated carbocycles. The topological polar surface area (TPSA) is 20.3 Å². The molecule has 2 nitrogen and oxygen atoms in total. The van der Waals surface area contributed by atoms with Crippen molar-refractivity contribution in [2.24, 2.45) is 0 Å². The van der Waals surface area contributed by atoms with E-state index in [0.717, 1.165) is 6.42 Å². The molecule has 0 bridgehead atoms. The Hall–Kier alpha value is -0.790. The van der Waals surface area contributed by atoms with E-state index in [-0.39, 0.29) is 5.91 Å². The first-order chi connectivity index (χ1) is 5.16. The molecule has 0 N–H and O–H groups in total. The van der Waals surface area contributed by atoms with Crippen LogP contribution in [0.3, 0.4) is 0 Å². The van der Waals surface area contributed by atoms with E-state index >= 15 is 0 Å². The van der Waals surface area contributed by atoms with Gasteiger partial charge in [-0.05, 0) is 20.3 Å². The second kappa shape index (κ2) is 3.07. The molecule has 0 radical (unpaired) electrons. The van der Waals surface area contributed by atoms with Gasteiger partial charge in [0.05, 0.1) is 6.04 Å². The average molecular weight is 153 g/mol. The predicted octanol–water partition coefficient (Wildman–Crippen LogP) is 1.57. The van der Waals surface area contributed by atoms with Crippen molar-refractivity contribution in [1.29, 1.82) is 0 Å². The minimum Gasteiger partial charge on any atom is -0.330 e. The number of hydrogen-bond acceptors (Lipinski definition) is 1. The fourth-order valence-electron chi connectivity index (χ4n) is 1.51. The minimum atomic E-state index is 0.159. The summed E-state index contributed by atoms with van der Waals surface area (Å²) in [5.74, 6) is 0.159. The standard InChI is InChI=1S/C9H15NO/c1-4-8-5-6-9(11)10(8)7(2)3/h5-8H,4H2,1-3H3. The fraction of sp³-hybridized carbons (Fsp3) is 0.667. The van der Waals surface area contributed by atoms with Crippen molar-refractivity contribution < 1.29 is 4.79 Å². The van der Waals surface area contributed by atoms with Crippen LogP contribution >= 0.6 is 0 Å². The van der Waals surface area contributed by atoms with Gasteiger partial charge in [-0.1, -0.05) is 13.0 Å². The number of hydrogen-bond donors (Lipinski definition) is 0. The minimum absolute atomic E-state index is 0.159. The van der Waals surface area contributed by atoms with Crippen LogP contribution in [0.15, 0.2) is 12.2 Å². The summed E-state index contributed by atoms with van der Waals surface area (Å²) < 4.78 is 0. The first kappa shape index (κ1) is 8.31. The molecule has 0 aliphatic carbocycles. The second-order valence-electron chi connectivity index (χ2n) is 3.17. The van der Waals surface area contributed by atoms with Gasteiger partial charge >= 0.3 is 0 Å². The van der Waals surface area contributed by atoms with E-state index in [0.29, 0.717) is 12.1 Å². The number of amides is 1. The molecule has 62 valence electrons. The third kappa shape index (κ3) is 1.44. The summed E-state index contributed by atoms with van der Waals surface area (Å²) in [7, 11) is 0. The van der Waals surface area contributed by atoms with Crippen molar-refractivity contribution in [2.75, 3.05) is 0 Å². The van der Waals surface area contributed by atoms with Gasteiger partial charge in [-0.2, -0.15) is 0 Å². The van der Waals surface area contributed by atoms with E-state index in [2.05, 4.69) is 6.92 Å². The Morgan fingerprint density at radius 2 is 2.27 bits per heavy atom. The largest absolute Gasteiger partial charge is 0.330 e. The summed E-state index contributed by atoms with van der Waals surface area (Å²) in [4.78, 5) is 13.1. The Kier molecular flexibility index (Phi) is 2.32. The average Bonchev–Trinajstić information content (AvgIpc) is 2.30. The number of carbonyl (C=O) groups is 1. The normalized spacial score (nSPS) is 23.8. The van der Waals surface area contributed by atoms with Crippen molar-refractivity contribution in [1.82, 2.24) is 4.90 Å². The highest BCUT2D eigenvalue weighted by molar-refractivity contribution is 5.90. The van der Waals surface area contributed by atoms with Gasteiger partial charge in [0.1, 0.15) is 0 Å². The van der Waals surface area contributed by atoms with Gasteiger partial charge in [-0.15, -0.1) is 0 Å². The van der Waals surface area contributed by atoms with Crippen LogP contribution < -0.4 is 0 Å². The molecule has 1 amide bonds. The second-order valence-corrected chi connectivity index (χ2v) is 3.17. The quantitative estimate of drug-likeness (QED) is 0.589. The van der Waals surface area contributed by atoms with E-state index < -0.39 is 0 Å². The predicted molar refractivity (Wildman–Crippen MR) is 45.2 cm³/mol. The molecule has 11 heavy (non-hydrogen) atoms. The van der Waals surface area contributed by atoms with Crippen LogP contribution in [0, 0.1) is 0 Å². The van der Waals surface area contributed by atoms with Gasteiger partial charge < -0.3 is 4.90 Å². The number of carbonyl (C=O) groups excluding carboxylic acids is 1. The lowest BCUT2D eigenvalue weighted by Gasteiger charge is -2.27. The maximum absolute atomic E-state index is 11.2. The van der Waals surface area contributed by atoms with E-state index in [4.69, 9.17) is 0 Å². The van der Waals surface area contributed by atoms with Crippen molar-refractivity contribution in [2.45, 2.75) is 39.3 Å². The summed E-state index contributed by atoms with van der Waals surface area (Å²) in [6.07, 6.45) is 4.68. The first-order valence-corrected chi connectivity index (χ1v) is 4.17. The monoisotopic (exact) mass is 153 g/mol. The molecular formula is C9H15NO. The molecule has 1 rings (SSSR count). The van der Waals surface area contributed by atoms with Crippen LogP contribution in [0.1, 0.15) is 27.2 Å². The molecule has 1 aliphatic heterocycles. The number of rotatable bonds is 2. The van der Waals surface area contributed by atoms with Crippen LogP contribution in [0.2, 0.25) is 0 Å². The zero-order valence-electron chi connectivity index (χ0n) is 7.37. The van der Waals surface area contributed by atoms with Crippen molar-refractivity contribution in [3.05, 3.63) is 12.2 Å². The molecule has 0 fully saturated rings. The highest BCUT2D eigenvalue weighted by Crippen LogP contribution is 2.16. The van der Waals surface area contributed by atoms with E-state index in [1.807, 2.05) is 24.8 Å². The summed E-state index contributed by atoms with van der Waals surface area (Å²) in [6, 6.07) is 0.657. The van der Waals surface area contributed by atoms with E-state index in [1.54, 1.807) is 6.08 Å². The Morgan fingerprint density at radius 3 is 2.64 bits per heavy atom. The molecule has 0 aromatic heterocycles. The maximum Gasteiger partial charge on any atom is 0.247 e. The molecular weight excluding hydrogens is 138 g/mol. The third-order valence-electron chi connectivity index (χ3n) is 2.05. The molecule has 2 heteroatoms. The summed E-state index contributed by atoms with van der Waals surface area (Å²) >= 11 is 0. The third-order valence-corrected chi connectivity index (χ3v) is 2.05. The summed E-state index contributed by atoms with van der Waals surface area (Å²) in [5, 5.41) is 0. The molecule has 0 spiro atoms. The lowest BCUT2D eigenvalue weighted by molar-refractivity contribution is -0.127. The van der Waals surface area contributed by atoms with Gasteiger partial charge in [0, 0.05) is 12.1 Å². The fourth-order valence-corrected chi connectivity index (χ4v) is 1.51. The molecule has 1 aliphatic rings. The Bertz CT molecular complexity index is 184. The maximum atomic E-state index is 11.2. The van der Waals surface area contributed by atoms with Crippen molar-refractivity contribution >= 4 is 5.91 Å². The molecule has 1 atom stereocenters. The Labute approximate surface area is 67.9 Å². The molecule has 0 saturated heterocycles. The van der Waals surface area contributed by atoms with Gasteiger partial charge in [0.15, 0.2) is 0 Å². The van der Waals surface area contributed by atoms with Crippen LogP contribution in [0.25, 0.3) is 0 Å². The first-order valence-electron chi connectivity index (χ1n) is 4.17. The smallest absolute Gasteiger partial charge is 0.247 e. The highest BCUT2D eigenvalue weighted by Gasteiger charge is 2.25. The van der Waals surface area contributed by atoms with Crippen LogP contribution in [0.5, 0.6) is 0 Å². The van der Waals surface area contributed by atoms with Gasteiger partial charge in [-0.25, -0.2) is 0 Å². The Morgan fingerprint density at radius 1 is 1.64 bits per heavy atom. The summed E-state index contributed by atoms with van der Waals surface area (Å²) in [6.45, 7) is 6.20. The van der Waals surface area contributed by atoms with Crippen LogP contribution in [0.4, 0.5) is 0 Å². The molecule has 1 heterocycles. The van der Waals surface area contributed by atoms with Gasteiger partial charge in [0.25, 0.3) is 0 Å². The Balaban J connectivity index is 2.69. The lowest BCUT2D eigenvalue weighted by atomic mass is 10.2.